The predicted molar refractivity (Wildman–Crippen MR) is 99.6 cm³/mol. The summed E-state index contributed by atoms with van der Waals surface area (Å²) >= 11 is 5.92. The van der Waals surface area contributed by atoms with Gasteiger partial charge in [0.05, 0.1) is 17.3 Å². The molecule has 0 amide bonds. The quantitative estimate of drug-likeness (QED) is 0.735. The maximum atomic E-state index is 10.5. The second kappa shape index (κ2) is 7.54. The molecule has 0 radical (unpaired) electrons. The summed E-state index contributed by atoms with van der Waals surface area (Å²) in [7, 11) is 0. The maximum absolute atomic E-state index is 10.5. The van der Waals surface area contributed by atoms with Gasteiger partial charge in [0, 0.05) is 36.8 Å². The number of fused-ring (bicyclic) bond motifs is 1. The molecule has 4 rings (SSSR count). The minimum atomic E-state index is 0.104. The highest BCUT2D eigenvalue weighted by molar-refractivity contribution is 6.30. The molecular formula is C19H19ClN4O3. The van der Waals surface area contributed by atoms with Gasteiger partial charge in [0.2, 0.25) is 11.8 Å². The van der Waals surface area contributed by atoms with Crippen LogP contribution in [0.5, 0.6) is 11.5 Å². The van der Waals surface area contributed by atoms with Gasteiger partial charge in [-0.1, -0.05) is 18.5 Å². The van der Waals surface area contributed by atoms with E-state index in [0.29, 0.717) is 55.2 Å². The topological polar surface area (TPSA) is 84.5 Å². The fourth-order valence-corrected chi connectivity index (χ4v) is 3.18. The predicted octanol–water partition coefficient (Wildman–Crippen LogP) is 3.45. The summed E-state index contributed by atoms with van der Waals surface area (Å²) in [4.78, 5) is 6.48. The molecule has 0 aliphatic carbocycles. The summed E-state index contributed by atoms with van der Waals surface area (Å²) in [5.41, 5.74) is 2.42. The molecule has 0 fully saturated rings. The van der Waals surface area contributed by atoms with Gasteiger partial charge in [0.1, 0.15) is 6.61 Å². The second-order valence-corrected chi connectivity index (χ2v) is 6.78. The fraction of sp³-hybridized carbons (Fsp3) is 0.316. The second-order valence-electron chi connectivity index (χ2n) is 6.35. The van der Waals surface area contributed by atoms with E-state index < -0.39 is 0 Å². The maximum Gasteiger partial charge on any atom is 0.230 e. The van der Waals surface area contributed by atoms with E-state index in [2.05, 4.69) is 20.1 Å². The number of aryl methyl sites for hydroxylation is 1. The Morgan fingerprint density at radius 1 is 1.22 bits per heavy atom. The zero-order valence-corrected chi connectivity index (χ0v) is 15.6. The zero-order valence-electron chi connectivity index (χ0n) is 14.9. The third kappa shape index (κ3) is 3.89. The Hall–Kier alpha value is -2.64. The van der Waals surface area contributed by atoms with E-state index in [1.54, 1.807) is 18.3 Å². The smallest absolute Gasteiger partial charge is 0.230 e. The van der Waals surface area contributed by atoms with E-state index in [9.17, 15) is 5.11 Å². The van der Waals surface area contributed by atoms with Gasteiger partial charge < -0.3 is 14.3 Å². The van der Waals surface area contributed by atoms with E-state index in [1.165, 1.54) is 0 Å². The van der Waals surface area contributed by atoms with E-state index in [1.807, 2.05) is 19.1 Å². The molecule has 3 aromatic rings. The van der Waals surface area contributed by atoms with Gasteiger partial charge in [-0.3, -0.25) is 9.88 Å². The molecular weight excluding hydrogens is 368 g/mol. The van der Waals surface area contributed by atoms with Crippen LogP contribution in [0.1, 0.15) is 24.3 Å². The molecule has 2 aromatic heterocycles. The van der Waals surface area contributed by atoms with Crippen molar-refractivity contribution < 1.29 is 14.3 Å². The lowest BCUT2D eigenvalue weighted by Crippen LogP contribution is -2.25. The molecule has 7 nitrogen and oxygen atoms in total. The number of benzene rings is 1. The Balaban J connectivity index is 1.61. The van der Waals surface area contributed by atoms with Crippen molar-refractivity contribution in [1.29, 1.82) is 0 Å². The van der Waals surface area contributed by atoms with Gasteiger partial charge in [0.15, 0.2) is 11.5 Å². The van der Waals surface area contributed by atoms with Crippen LogP contribution in [0.25, 0.3) is 11.3 Å². The normalized spacial score (nSPS) is 14.4. The standard InChI is InChI=1S/C19H19ClN4O3/c1-2-17-22-23-18(27-17)11-24-5-6-26-19-13(10-24)7-12(8-16(19)25)15-4-3-14(20)9-21-15/h3-4,7-9,25H,2,5-6,10-11H2,1H3. The molecule has 140 valence electrons. The lowest BCUT2D eigenvalue weighted by atomic mass is 10.0. The van der Waals surface area contributed by atoms with E-state index >= 15 is 0 Å². The van der Waals surface area contributed by atoms with Gasteiger partial charge in [-0.25, -0.2) is 0 Å². The molecule has 8 heteroatoms. The van der Waals surface area contributed by atoms with E-state index in [0.717, 1.165) is 16.8 Å². The van der Waals surface area contributed by atoms with Crippen LogP contribution in [0.4, 0.5) is 0 Å². The third-order valence-corrected chi connectivity index (χ3v) is 4.61. The van der Waals surface area contributed by atoms with Crippen molar-refractivity contribution in [2.24, 2.45) is 0 Å². The summed E-state index contributed by atoms with van der Waals surface area (Å²) in [6.45, 7) is 4.25. The molecule has 0 spiro atoms. The van der Waals surface area contributed by atoms with Crippen molar-refractivity contribution in [3.8, 4) is 22.8 Å². The average molecular weight is 387 g/mol. The number of aromatic hydroxyl groups is 1. The SMILES string of the molecule is CCc1nnc(CN2CCOc3c(O)cc(-c4ccc(Cl)cn4)cc3C2)o1. The van der Waals surface area contributed by atoms with Crippen LogP contribution in [0.15, 0.2) is 34.9 Å². The molecule has 1 N–H and O–H groups in total. The van der Waals surface area contributed by atoms with Crippen molar-refractivity contribution in [3.63, 3.8) is 0 Å². The Labute approximate surface area is 161 Å². The molecule has 3 heterocycles. The summed E-state index contributed by atoms with van der Waals surface area (Å²) in [5, 5.41) is 19.1. The molecule has 1 aromatic carbocycles. The Kier molecular flexibility index (Phi) is 4.96. The number of phenolic OH excluding ortho intramolecular Hbond substituents is 1. The molecule has 1 aliphatic heterocycles. The van der Waals surface area contributed by atoms with Gasteiger partial charge in [-0.15, -0.1) is 10.2 Å². The number of aromatic nitrogens is 3. The Morgan fingerprint density at radius 2 is 2.07 bits per heavy atom. The minimum absolute atomic E-state index is 0.104. The molecule has 0 saturated carbocycles. The highest BCUT2D eigenvalue weighted by Crippen LogP contribution is 2.37. The highest BCUT2D eigenvalue weighted by atomic mass is 35.5. The number of nitrogens with zero attached hydrogens (tertiary/aromatic N) is 4. The van der Waals surface area contributed by atoms with Crippen LogP contribution in [-0.2, 0) is 19.5 Å². The number of hydrogen-bond donors (Lipinski definition) is 1. The first-order valence-electron chi connectivity index (χ1n) is 8.76. The first-order chi connectivity index (χ1) is 13.1. The van der Waals surface area contributed by atoms with Crippen LogP contribution in [0.3, 0.4) is 0 Å². The molecule has 1 aliphatic rings. The van der Waals surface area contributed by atoms with Crippen LogP contribution in [0.2, 0.25) is 5.02 Å². The van der Waals surface area contributed by atoms with E-state index in [-0.39, 0.29) is 5.75 Å². The number of pyridine rings is 1. The van der Waals surface area contributed by atoms with Crippen molar-refractivity contribution >= 4 is 11.6 Å². The zero-order chi connectivity index (χ0) is 18.8. The summed E-state index contributed by atoms with van der Waals surface area (Å²) in [6, 6.07) is 7.24. The Morgan fingerprint density at radius 3 is 2.81 bits per heavy atom. The number of phenols is 1. The van der Waals surface area contributed by atoms with Crippen LogP contribution in [-0.4, -0.2) is 38.3 Å². The average Bonchev–Trinajstić information content (AvgIpc) is 3.01. The lowest BCUT2D eigenvalue weighted by Gasteiger charge is -2.17. The van der Waals surface area contributed by atoms with E-state index in [4.69, 9.17) is 20.8 Å². The fourth-order valence-electron chi connectivity index (χ4n) is 3.07. The van der Waals surface area contributed by atoms with Gasteiger partial charge in [-0.05, 0) is 24.3 Å². The number of ether oxygens (including phenoxy) is 1. The molecule has 0 atom stereocenters. The van der Waals surface area contributed by atoms with Crippen LogP contribution in [0, 0.1) is 0 Å². The number of hydrogen-bond acceptors (Lipinski definition) is 7. The first-order valence-corrected chi connectivity index (χ1v) is 9.14. The van der Waals surface area contributed by atoms with Crippen molar-refractivity contribution in [2.45, 2.75) is 26.4 Å². The third-order valence-electron chi connectivity index (χ3n) is 4.39. The summed E-state index contributed by atoms with van der Waals surface area (Å²) in [6.07, 6.45) is 2.30. The summed E-state index contributed by atoms with van der Waals surface area (Å²) < 4.78 is 11.4. The molecule has 0 saturated heterocycles. The largest absolute Gasteiger partial charge is 0.504 e. The van der Waals surface area contributed by atoms with Crippen molar-refractivity contribution in [3.05, 3.63) is 52.8 Å². The minimum Gasteiger partial charge on any atom is -0.504 e. The van der Waals surface area contributed by atoms with Gasteiger partial charge in [0.25, 0.3) is 0 Å². The highest BCUT2D eigenvalue weighted by Gasteiger charge is 2.21. The van der Waals surface area contributed by atoms with Crippen molar-refractivity contribution in [2.75, 3.05) is 13.2 Å². The monoisotopic (exact) mass is 386 g/mol. The van der Waals surface area contributed by atoms with Crippen LogP contribution >= 0.6 is 11.6 Å². The van der Waals surface area contributed by atoms with Crippen molar-refractivity contribution in [1.82, 2.24) is 20.1 Å². The number of rotatable bonds is 4. The molecule has 27 heavy (non-hydrogen) atoms. The van der Waals surface area contributed by atoms with Crippen LogP contribution < -0.4 is 4.74 Å². The van der Waals surface area contributed by atoms with Gasteiger partial charge >= 0.3 is 0 Å². The number of halogens is 1. The first kappa shape index (κ1) is 17.8. The van der Waals surface area contributed by atoms with Gasteiger partial charge in [-0.2, -0.15) is 0 Å². The molecule has 0 unspecified atom stereocenters. The lowest BCUT2D eigenvalue weighted by molar-refractivity contribution is 0.200. The summed E-state index contributed by atoms with van der Waals surface area (Å²) in [5.74, 6) is 1.82. The molecule has 0 bridgehead atoms. The Bertz CT molecular complexity index is 943.